The molecule has 0 N–H and O–H groups in total. The van der Waals surface area contributed by atoms with E-state index in [9.17, 15) is 5.26 Å². The Bertz CT molecular complexity index is 2830. The second kappa shape index (κ2) is 14.1. The van der Waals surface area contributed by atoms with E-state index in [1.165, 1.54) is 89.7 Å². The van der Waals surface area contributed by atoms with Crippen molar-refractivity contribution in [1.82, 2.24) is 0 Å². The van der Waals surface area contributed by atoms with Crippen LogP contribution in [0.4, 0.5) is 45.5 Å². The Labute approximate surface area is 390 Å². The first-order valence-corrected chi connectivity index (χ1v) is 24.1. The molecule has 0 bridgehead atoms. The Balaban J connectivity index is 1.37. The van der Waals surface area contributed by atoms with E-state index < -0.39 is 0 Å². The second-order valence-corrected chi connectivity index (χ2v) is 24.3. The van der Waals surface area contributed by atoms with Gasteiger partial charge in [0.2, 0.25) is 0 Å². The molecule has 1 fully saturated rings. The largest absolute Gasteiger partial charge is 0.334 e. The lowest BCUT2D eigenvalue weighted by Crippen LogP contribution is -2.61. The van der Waals surface area contributed by atoms with Crippen molar-refractivity contribution in [3.63, 3.8) is 0 Å². The Hall–Kier alpha value is -5.73. The highest BCUT2D eigenvalue weighted by molar-refractivity contribution is 7.00. The average molecular weight is 855 g/mol. The third-order valence-corrected chi connectivity index (χ3v) is 16.0. The molecule has 330 valence electrons. The van der Waals surface area contributed by atoms with E-state index in [4.69, 9.17) is 0 Å². The molecule has 6 aromatic rings. The topological polar surface area (TPSA) is 33.5 Å². The van der Waals surface area contributed by atoms with Gasteiger partial charge in [0, 0.05) is 50.9 Å². The van der Waals surface area contributed by atoms with Gasteiger partial charge >= 0.3 is 0 Å². The lowest BCUT2D eigenvalue weighted by molar-refractivity contribution is 0.330. The van der Waals surface area contributed by atoms with Crippen molar-refractivity contribution in [2.75, 3.05) is 14.7 Å². The molecule has 6 aromatic carbocycles. The SMILES string of the molecule is CC(C)(C)c1cccc(N2c3cc(C(C)(C)C)ccc3B3c4ccc(C(C)(C)C)cc4N(c4cccc(C(C)(C)C)c4)c4cc(N5c6ccc(C#N)cc6C6(C)CCCC56C)cc2c43)c1. The van der Waals surface area contributed by atoms with Crippen LogP contribution in [0.15, 0.2) is 115 Å². The lowest BCUT2D eigenvalue weighted by atomic mass is 9.33. The first-order valence-electron chi connectivity index (χ1n) is 24.1. The average Bonchev–Trinajstić information content (AvgIpc) is 3.65. The number of benzene rings is 6. The van der Waals surface area contributed by atoms with E-state index in [1.54, 1.807) is 0 Å². The predicted molar refractivity (Wildman–Crippen MR) is 278 cm³/mol. The van der Waals surface area contributed by atoms with Gasteiger partial charge in [-0.2, -0.15) is 5.26 Å². The highest BCUT2D eigenvalue weighted by Gasteiger charge is 2.60. The van der Waals surface area contributed by atoms with Crippen molar-refractivity contribution < 1.29 is 0 Å². The van der Waals surface area contributed by atoms with Crippen LogP contribution < -0.4 is 31.1 Å². The number of hydrogen-bond donors (Lipinski definition) is 0. The van der Waals surface area contributed by atoms with E-state index in [2.05, 4.69) is 227 Å². The fraction of sp³-hybridized carbons (Fsp3) is 0.383. The second-order valence-electron chi connectivity index (χ2n) is 24.3. The van der Waals surface area contributed by atoms with Gasteiger partial charge in [-0.15, -0.1) is 0 Å². The minimum absolute atomic E-state index is 0.00238. The van der Waals surface area contributed by atoms with Crippen LogP contribution in [-0.4, -0.2) is 12.3 Å². The molecule has 4 nitrogen and oxygen atoms in total. The number of fused-ring (bicyclic) bond motifs is 7. The predicted octanol–water partition coefficient (Wildman–Crippen LogP) is 14.2. The quantitative estimate of drug-likeness (QED) is 0.166. The molecule has 0 radical (unpaired) electrons. The Kier molecular flexibility index (Phi) is 9.39. The monoisotopic (exact) mass is 855 g/mol. The number of nitrogens with zero attached hydrogens (tertiary/aromatic N) is 4. The fourth-order valence-electron chi connectivity index (χ4n) is 11.9. The van der Waals surface area contributed by atoms with Crippen molar-refractivity contribution in [2.24, 2.45) is 0 Å². The molecule has 4 aliphatic rings. The van der Waals surface area contributed by atoms with Gasteiger partial charge in [0.1, 0.15) is 0 Å². The zero-order chi connectivity index (χ0) is 46.4. The summed E-state index contributed by atoms with van der Waals surface area (Å²) in [4.78, 5) is 7.92. The van der Waals surface area contributed by atoms with Crippen LogP contribution in [0.3, 0.4) is 0 Å². The van der Waals surface area contributed by atoms with E-state index in [-0.39, 0.29) is 39.3 Å². The molecule has 3 heterocycles. The van der Waals surface area contributed by atoms with Gasteiger partial charge in [0.05, 0.1) is 17.2 Å². The van der Waals surface area contributed by atoms with Crippen molar-refractivity contribution in [3.05, 3.63) is 149 Å². The van der Waals surface area contributed by atoms with Crippen LogP contribution in [-0.2, 0) is 27.1 Å². The number of hydrogen-bond acceptors (Lipinski definition) is 4. The molecule has 0 spiro atoms. The molecule has 5 heteroatoms. The Morgan fingerprint density at radius 2 is 0.969 bits per heavy atom. The number of rotatable bonds is 3. The summed E-state index contributed by atoms with van der Waals surface area (Å²) in [7, 11) is 0. The standard InChI is InChI=1S/C60H67BN4/c1-55(2,3)39-18-15-20-43(31-39)63-50-33-41(57(7,8)9)23-25-47(50)61-48-26-24-42(58(10,11)12)34-51(48)64(44-21-16-19-40(32-44)56(4,5)6)53-36-45(35-52(63)54(53)61)65-49-27-22-38(37-62)30-46(49)59(13)28-17-29-60(59,65)14/h15-16,18-27,30-36H,17,28-29H2,1-14H3. The van der Waals surface area contributed by atoms with E-state index in [0.29, 0.717) is 0 Å². The summed E-state index contributed by atoms with van der Waals surface area (Å²) in [5.41, 5.74) is 20.5. The van der Waals surface area contributed by atoms with Gasteiger partial charge in [-0.3, -0.25) is 0 Å². The molecule has 65 heavy (non-hydrogen) atoms. The maximum absolute atomic E-state index is 10.2. The van der Waals surface area contributed by atoms with Gasteiger partial charge in [0.25, 0.3) is 6.71 Å². The highest BCUT2D eigenvalue weighted by atomic mass is 15.3. The minimum atomic E-state index is -0.199. The molecule has 1 saturated carbocycles. The summed E-state index contributed by atoms with van der Waals surface area (Å²) in [6.45, 7) is 32.9. The van der Waals surface area contributed by atoms with Crippen molar-refractivity contribution in [3.8, 4) is 6.07 Å². The summed E-state index contributed by atoms with van der Waals surface area (Å²) in [5, 5.41) is 10.2. The lowest BCUT2D eigenvalue weighted by Gasteiger charge is -2.47. The van der Waals surface area contributed by atoms with Crippen LogP contribution in [0.1, 0.15) is 150 Å². The molecule has 1 aliphatic carbocycles. The normalized spacial score (nSPS) is 20.0. The van der Waals surface area contributed by atoms with Crippen LogP contribution in [0.5, 0.6) is 0 Å². The van der Waals surface area contributed by atoms with Gasteiger partial charge in [-0.1, -0.05) is 145 Å². The maximum Gasteiger partial charge on any atom is 0.252 e. The molecular weight excluding hydrogens is 787 g/mol. The number of anilines is 8. The van der Waals surface area contributed by atoms with Crippen LogP contribution >= 0.6 is 0 Å². The van der Waals surface area contributed by atoms with E-state index >= 15 is 0 Å². The van der Waals surface area contributed by atoms with Gasteiger partial charge < -0.3 is 14.7 Å². The molecule has 10 rings (SSSR count). The molecule has 3 aliphatic heterocycles. The van der Waals surface area contributed by atoms with Crippen LogP contribution in [0.2, 0.25) is 0 Å². The molecule has 0 aromatic heterocycles. The first-order chi connectivity index (χ1) is 30.4. The smallest absolute Gasteiger partial charge is 0.252 e. The maximum atomic E-state index is 10.2. The van der Waals surface area contributed by atoms with E-state index in [1.807, 2.05) is 6.07 Å². The summed E-state index contributed by atoms with van der Waals surface area (Å²) >= 11 is 0. The summed E-state index contributed by atoms with van der Waals surface area (Å²) in [5.74, 6) is 0. The number of nitriles is 1. The van der Waals surface area contributed by atoms with Crippen molar-refractivity contribution in [1.29, 1.82) is 5.26 Å². The summed E-state index contributed by atoms with van der Waals surface area (Å²) in [6, 6.07) is 47.3. The van der Waals surface area contributed by atoms with Crippen molar-refractivity contribution >= 4 is 68.6 Å². The zero-order valence-corrected chi connectivity index (χ0v) is 41.5. The Morgan fingerprint density at radius 1 is 0.492 bits per heavy atom. The van der Waals surface area contributed by atoms with Crippen LogP contribution in [0.25, 0.3) is 0 Å². The minimum Gasteiger partial charge on any atom is -0.334 e. The third kappa shape index (κ3) is 6.52. The molecule has 2 unspecified atom stereocenters. The van der Waals surface area contributed by atoms with Gasteiger partial charge in [-0.25, -0.2) is 0 Å². The summed E-state index contributed by atoms with van der Waals surface area (Å²) in [6.07, 6.45) is 3.30. The molecule has 0 amide bonds. The highest BCUT2D eigenvalue weighted by Crippen LogP contribution is 2.63. The van der Waals surface area contributed by atoms with Crippen molar-refractivity contribution in [2.45, 2.75) is 149 Å². The third-order valence-electron chi connectivity index (χ3n) is 16.0. The van der Waals surface area contributed by atoms with E-state index in [0.717, 1.165) is 24.8 Å². The van der Waals surface area contributed by atoms with Gasteiger partial charge in [-0.05, 0) is 152 Å². The summed E-state index contributed by atoms with van der Waals surface area (Å²) < 4.78 is 0. The Morgan fingerprint density at radius 3 is 1.43 bits per heavy atom. The van der Waals surface area contributed by atoms with Crippen LogP contribution in [0, 0.1) is 11.3 Å². The molecular formula is C60H67BN4. The zero-order valence-electron chi connectivity index (χ0n) is 41.5. The van der Waals surface area contributed by atoms with Gasteiger partial charge in [0.15, 0.2) is 0 Å². The molecule has 0 saturated heterocycles. The first kappa shape index (κ1) is 43.2. The molecule has 2 atom stereocenters. The fourth-order valence-corrected chi connectivity index (χ4v) is 11.9.